The lowest BCUT2D eigenvalue weighted by molar-refractivity contribution is 1.15. The van der Waals surface area contributed by atoms with Crippen LogP contribution in [-0.4, -0.2) is 4.98 Å². The van der Waals surface area contributed by atoms with E-state index < -0.39 is 0 Å². The van der Waals surface area contributed by atoms with E-state index in [0.29, 0.717) is 0 Å². The van der Waals surface area contributed by atoms with E-state index in [2.05, 4.69) is 27.8 Å². The molecule has 0 aliphatic carbocycles. The van der Waals surface area contributed by atoms with E-state index in [1.54, 1.807) is 12.4 Å². The number of aromatic nitrogens is 1. The van der Waals surface area contributed by atoms with Gasteiger partial charge in [-0.15, -0.1) is 0 Å². The van der Waals surface area contributed by atoms with E-state index in [0.717, 1.165) is 34.2 Å². The summed E-state index contributed by atoms with van der Waals surface area (Å²) in [5.41, 5.74) is 4.19. The SMILES string of the molecule is Clc1cccc(CNc2cccc(Nc3cccnc3)c2)c1. The topological polar surface area (TPSA) is 37.0 Å². The summed E-state index contributed by atoms with van der Waals surface area (Å²) in [7, 11) is 0. The van der Waals surface area contributed by atoms with Crippen molar-refractivity contribution in [2.45, 2.75) is 6.54 Å². The van der Waals surface area contributed by atoms with Gasteiger partial charge in [-0.25, -0.2) is 0 Å². The van der Waals surface area contributed by atoms with Crippen molar-refractivity contribution in [1.82, 2.24) is 4.98 Å². The van der Waals surface area contributed by atoms with Gasteiger partial charge in [0.05, 0.1) is 11.9 Å². The first-order valence-corrected chi connectivity index (χ1v) is 7.43. The highest BCUT2D eigenvalue weighted by molar-refractivity contribution is 6.30. The fraction of sp³-hybridized carbons (Fsp3) is 0.0556. The fourth-order valence-electron chi connectivity index (χ4n) is 2.16. The number of pyridine rings is 1. The van der Waals surface area contributed by atoms with Crippen molar-refractivity contribution < 1.29 is 0 Å². The lowest BCUT2D eigenvalue weighted by Crippen LogP contribution is -2.00. The third-order valence-corrected chi connectivity index (χ3v) is 3.43. The van der Waals surface area contributed by atoms with Gasteiger partial charge in [-0.05, 0) is 48.0 Å². The number of halogens is 1. The highest BCUT2D eigenvalue weighted by Gasteiger charge is 1.98. The predicted molar refractivity (Wildman–Crippen MR) is 92.7 cm³/mol. The average molecular weight is 310 g/mol. The maximum atomic E-state index is 6.00. The molecule has 3 rings (SSSR count). The normalized spacial score (nSPS) is 10.2. The summed E-state index contributed by atoms with van der Waals surface area (Å²) in [6.45, 7) is 0.733. The molecule has 0 radical (unpaired) electrons. The molecular formula is C18H16ClN3. The second kappa shape index (κ2) is 6.96. The van der Waals surface area contributed by atoms with Crippen molar-refractivity contribution >= 4 is 28.7 Å². The van der Waals surface area contributed by atoms with E-state index in [1.807, 2.05) is 48.5 Å². The molecule has 0 bridgehead atoms. The molecule has 0 saturated heterocycles. The Balaban J connectivity index is 1.66. The fourth-order valence-corrected chi connectivity index (χ4v) is 2.37. The largest absolute Gasteiger partial charge is 0.381 e. The van der Waals surface area contributed by atoms with E-state index in [9.17, 15) is 0 Å². The Hall–Kier alpha value is -2.52. The second-order valence-corrected chi connectivity index (χ2v) is 5.37. The maximum absolute atomic E-state index is 6.00. The Morgan fingerprint density at radius 1 is 0.864 bits per heavy atom. The molecule has 1 aromatic heterocycles. The Kier molecular flexibility index (Phi) is 4.56. The molecule has 2 N–H and O–H groups in total. The second-order valence-electron chi connectivity index (χ2n) is 4.93. The summed E-state index contributed by atoms with van der Waals surface area (Å²) in [4.78, 5) is 4.10. The minimum Gasteiger partial charge on any atom is -0.381 e. The van der Waals surface area contributed by atoms with Gasteiger partial charge >= 0.3 is 0 Å². The molecule has 0 amide bonds. The van der Waals surface area contributed by atoms with Crippen LogP contribution in [0.3, 0.4) is 0 Å². The molecule has 0 aliphatic rings. The van der Waals surface area contributed by atoms with Crippen molar-refractivity contribution in [1.29, 1.82) is 0 Å². The van der Waals surface area contributed by atoms with E-state index in [1.165, 1.54) is 0 Å². The molecule has 2 aromatic carbocycles. The van der Waals surface area contributed by atoms with Crippen LogP contribution in [0, 0.1) is 0 Å². The van der Waals surface area contributed by atoms with Gasteiger partial charge in [0.15, 0.2) is 0 Å². The molecule has 0 atom stereocenters. The third-order valence-electron chi connectivity index (χ3n) is 3.20. The highest BCUT2D eigenvalue weighted by Crippen LogP contribution is 2.20. The van der Waals surface area contributed by atoms with Crippen LogP contribution >= 0.6 is 11.6 Å². The first-order chi connectivity index (χ1) is 10.8. The molecule has 22 heavy (non-hydrogen) atoms. The quantitative estimate of drug-likeness (QED) is 0.689. The number of hydrogen-bond acceptors (Lipinski definition) is 3. The van der Waals surface area contributed by atoms with Crippen LogP contribution in [0.1, 0.15) is 5.56 Å². The molecule has 0 aliphatic heterocycles. The van der Waals surface area contributed by atoms with Gasteiger partial charge in [-0.3, -0.25) is 4.98 Å². The van der Waals surface area contributed by atoms with Crippen LogP contribution in [0.15, 0.2) is 73.1 Å². The van der Waals surface area contributed by atoms with Crippen LogP contribution in [0.2, 0.25) is 5.02 Å². The predicted octanol–water partition coefficient (Wildman–Crippen LogP) is 5.09. The number of nitrogens with zero attached hydrogens (tertiary/aromatic N) is 1. The molecule has 0 unspecified atom stereocenters. The van der Waals surface area contributed by atoms with Gasteiger partial charge in [0.2, 0.25) is 0 Å². The summed E-state index contributed by atoms with van der Waals surface area (Å²) >= 11 is 6.00. The molecule has 0 saturated carbocycles. The molecule has 4 heteroatoms. The molecular weight excluding hydrogens is 294 g/mol. The van der Waals surface area contributed by atoms with Gasteiger partial charge in [0, 0.05) is 29.1 Å². The monoisotopic (exact) mass is 309 g/mol. The summed E-state index contributed by atoms with van der Waals surface area (Å²) < 4.78 is 0. The minimum atomic E-state index is 0.733. The summed E-state index contributed by atoms with van der Waals surface area (Å²) in [5.74, 6) is 0. The number of benzene rings is 2. The number of nitrogens with one attached hydrogen (secondary N) is 2. The van der Waals surface area contributed by atoms with Crippen molar-refractivity contribution in [3.05, 3.63) is 83.6 Å². The smallest absolute Gasteiger partial charge is 0.0570 e. The van der Waals surface area contributed by atoms with Crippen molar-refractivity contribution in [3.8, 4) is 0 Å². The van der Waals surface area contributed by atoms with Crippen molar-refractivity contribution in [2.24, 2.45) is 0 Å². The van der Waals surface area contributed by atoms with Crippen LogP contribution in [-0.2, 0) is 6.54 Å². The van der Waals surface area contributed by atoms with Gasteiger partial charge in [0.1, 0.15) is 0 Å². The van der Waals surface area contributed by atoms with Crippen LogP contribution in [0.25, 0.3) is 0 Å². The van der Waals surface area contributed by atoms with Crippen LogP contribution < -0.4 is 10.6 Å². The Bertz CT molecular complexity index is 744. The molecule has 0 spiro atoms. The van der Waals surface area contributed by atoms with E-state index in [4.69, 9.17) is 11.6 Å². The average Bonchev–Trinajstić information content (AvgIpc) is 2.54. The van der Waals surface area contributed by atoms with Gasteiger partial charge in [0.25, 0.3) is 0 Å². The molecule has 3 aromatic rings. The molecule has 110 valence electrons. The zero-order chi connectivity index (χ0) is 15.2. The van der Waals surface area contributed by atoms with Crippen LogP contribution in [0.5, 0.6) is 0 Å². The first kappa shape index (κ1) is 14.4. The highest BCUT2D eigenvalue weighted by atomic mass is 35.5. The number of anilines is 3. The Morgan fingerprint density at radius 2 is 1.68 bits per heavy atom. The Morgan fingerprint density at radius 3 is 2.50 bits per heavy atom. The summed E-state index contributed by atoms with van der Waals surface area (Å²) in [6.07, 6.45) is 3.56. The Labute approximate surface area is 135 Å². The lowest BCUT2D eigenvalue weighted by Gasteiger charge is -2.10. The van der Waals surface area contributed by atoms with E-state index >= 15 is 0 Å². The standard InChI is InChI=1S/C18H16ClN3/c19-15-5-1-4-14(10-15)12-21-16-6-2-7-17(11-16)22-18-8-3-9-20-13-18/h1-11,13,21-22H,12H2. The zero-order valence-electron chi connectivity index (χ0n) is 12.0. The number of hydrogen-bond donors (Lipinski definition) is 2. The van der Waals surface area contributed by atoms with Crippen molar-refractivity contribution in [2.75, 3.05) is 10.6 Å². The van der Waals surface area contributed by atoms with Gasteiger partial charge in [-0.2, -0.15) is 0 Å². The lowest BCUT2D eigenvalue weighted by atomic mass is 10.2. The van der Waals surface area contributed by atoms with Gasteiger partial charge in [-0.1, -0.05) is 29.8 Å². The summed E-state index contributed by atoms with van der Waals surface area (Å²) in [5, 5.41) is 7.48. The molecule has 1 heterocycles. The maximum Gasteiger partial charge on any atom is 0.0570 e. The first-order valence-electron chi connectivity index (χ1n) is 7.05. The van der Waals surface area contributed by atoms with Crippen LogP contribution in [0.4, 0.5) is 17.1 Å². The van der Waals surface area contributed by atoms with E-state index in [-0.39, 0.29) is 0 Å². The van der Waals surface area contributed by atoms with Crippen molar-refractivity contribution in [3.63, 3.8) is 0 Å². The third kappa shape index (κ3) is 3.99. The molecule has 3 nitrogen and oxygen atoms in total. The van der Waals surface area contributed by atoms with Gasteiger partial charge < -0.3 is 10.6 Å². The molecule has 0 fully saturated rings. The zero-order valence-corrected chi connectivity index (χ0v) is 12.7. The summed E-state index contributed by atoms with van der Waals surface area (Å²) in [6, 6.07) is 19.9. The number of rotatable bonds is 5. The minimum absolute atomic E-state index is 0.733.